The molecule has 114 valence electrons. The van der Waals surface area contributed by atoms with Gasteiger partial charge in [-0.3, -0.25) is 0 Å². The van der Waals surface area contributed by atoms with Crippen LogP contribution in [0.1, 0.15) is 45.0 Å². The van der Waals surface area contributed by atoms with Crippen LogP contribution in [0, 0.1) is 5.41 Å². The van der Waals surface area contributed by atoms with Gasteiger partial charge in [0.25, 0.3) is 0 Å². The van der Waals surface area contributed by atoms with Gasteiger partial charge < -0.3 is 9.30 Å². The molecule has 0 N–H and O–H groups in total. The molecule has 1 aliphatic carbocycles. The number of hydrogen-bond donors (Lipinski definition) is 0. The minimum Gasteiger partial charge on any atom is -0.479 e. The van der Waals surface area contributed by atoms with Crippen molar-refractivity contribution in [2.75, 3.05) is 13.0 Å². The van der Waals surface area contributed by atoms with Gasteiger partial charge in [0.2, 0.25) is 5.88 Å². The highest BCUT2D eigenvalue weighted by Crippen LogP contribution is 2.47. The van der Waals surface area contributed by atoms with Gasteiger partial charge in [0.15, 0.2) is 11.2 Å². The fourth-order valence-corrected chi connectivity index (χ4v) is 3.63. The monoisotopic (exact) mass is 308 g/mol. The quantitative estimate of drug-likeness (QED) is 0.813. The first-order valence-electron chi connectivity index (χ1n) is 7.40. The molecule has 0 bridgehead atoms. The van der Waals surface area contributed by atoms with Crippen molar-refractivity contribution in [3.05, 3.63) is 12.2 Å². The summed E-state index contributed by atoms with van der Waals surface area (Å²) >= 11 is 5.97. The van der Waals surface area contributed by atoms with E-state index in [0.717, 1.165) is 29.8 Å². The largest absolute Gasteiger partial charge is 0.479 e. The molecule has 2 heterocycles. The number of nitrogens with zero attached hydrogens (tertiary/aromatic N) is 4. The molecule has 0 aromatic carbocycles. The molecule has 1 fully saturated rings. The molecule has 0 amide bonds. The van der Waals surface area contributed by atoms with Crippen LogP contribution in [0.4, 0.5) is 0 Å². The molecule has 0 saturated heterocycles. The summed E-state index contributed by atoms with van der Waals surface area (Å²) in [7, 11) is 1.61. The van der Waals surface area contributed by atoms with Gasteiger partial charge in [-0.05, 0) is 18.3 Å². The number of imidazole rings is 1. The molecule has 0 aliphatic heterocycles. The predicted octanol–water partition coefficient (Wildman–Crippen LogP) is 3.37. The summed E-state index contributed by atoms with van der Waals surface area (Å²) in [5, 5.41) is 0. The summed E-state index contributed by atoms with van der Waals surface area (Å²) in [6.07, 6.45) is 5.89. The highest BCUT2D eigenvalue weighted by molar-refractivity contribution is 6.17. The molecular formula is C15H21ClN4O. The fraction of sp³-hybridized carbons (Fsp3) is 0.667. The number of halogens is 1. The number of fused-ring (bicyclic) bond motifs is 1. The Bertz CT molecular complexity index is 652. The first-order chi connectivity index (χ1) is 10.1. The molecular weight excluding hydrogens is 288 g/mol. The molecule has 0 radical (unpaired) electrons. The SMILES string of the molecule is COc1ncnc2c1nc(CCCl)n2C1CCCC1(C)C. The zero-order chi connectivity index (χ0) is 15.0. The van der Waals surface area contributed by atoms with Crippen LogP contribution in [-0.4, -0.2) is 32.5 Å². The van der Waals surface area contributed by atoms with Crippen LogP contribution in [-0.2, 0) is 6.42 Å². The van der Waals surface area contributed by atoms with Crippen molar-refractivity contribution in [2.45, 2.75) is 45.6 Å². The molecule has 2 aromatic rings. The standard InChI is InChI=1S/C15H21ClN4O/c1-15(2)7-4-5-10(15)20-11(6-8-16)19-12-13(20)17-9-18-14(12)21-3/h9-10H,4-8H2,1-3H3. The second kappa shape index (κ2) is 5.44. The number of hydrogen-bond acceptors (Lipinski definition) is 4. The van der Waals surface area contributed by atoms with Crippen LogP contribution in [0.25, 0.3) is 11.2 Å². The Balaban J connectivity index is 2.21. The van der Waals surface area contributed by atoms with E-state index in [1.807, 2.05) is 0 Å². The van der Waals surface area contributed by atoms with E-state index in [4.69, 9.17) is 21.3 Å². The van der Waals surface area contributed by atoms with Gasteiger partial charge in [-0.1, -0.05) is 20.3 Å². The minimum atomic E-state index is 0.243. The number of rotatable bonds is 4. The summed E-state index contributed by atoms with van der Waals surface area (Å²) in [5.74, 6) is 2.07. The molecule has 5 nitrogen and oxygen atoms in total. The van der Waals surface area contributed by atoms with E-state index in [-0.39, 0.29) is 5.41 Å². The van der Waals surface area contributed by atoms with Crippen LogP contribution >= 0.6 is 11.6 Å². The van der Waals surface area contributed by atoms with Crippen LogP contribution in [0.15, 0.2) is 6.33 Å². The summed E-state index contributed by atoms with van der Waals surface area (Å²) in [6, 6.07) is 0.403. The van der Waals surface area contributed by atoms with Crippen molar-refractivity contribution in [1.82, 2.24) is 19.5 Å². The van der Waals surface area contributed by atoms with E-state index in [9.17, 15) is 0 Å². The Morgan fingerprint density at radius 3 is 2.86 bits per heavy atom. The average molecular weight is 309 g/mol. The summed E-state index contributed by atoms with van der Waals surface area (Å²) in [4.78, 5) is 13.3. The molecule has 1 unspecified atom stereocenters. The van der Waals surface area contributed by atoms with Crippen molar-refractivity contribution in [1.29, 1.82) is 0 Å². The van der Waals surface area contributed by atoms with Gasteiger partial charge in [0.05, 0.1) is 7.11 Å². The third kappa shape index (κ3) is 2.37. The van der Waals surface area contributed by atoms with Crippen LogP contribution in [0.5, 0.6) is 5.88 Å². The third-order valence-corrected chi connectivity index (χ3v) is 4.73. The highest BCUT2D eigenvalue weighted by Gasteiger charge is 2.38. The van der Waals surface area contributed by atoms with Gasteiger partial charge in [-0.25, -0.2) is 9.97 Å². The van der Waals surface area contributed by atoms with E-state index in [2.05, 4.69) is 28.4 Å². The lowest BCUT2D eigenvalue weighted by Gasteiger charge is -2.29. The number of alkyl halides is 1. The van der Waals surface area contributed by atoms with Crippen LogP contribution < -0.4 is 4.74 Å². The molecule has 3 rings (SSSR count). The smallest absolute Gasteiger partial charge is 0.245 e. The average Bonchev–Trinajstić information content (AvgIpc) is 2.98. The second-order valence-electron chi connectivity index (χ2n) is 6.29. The molecule has 1 aliphatic rings. The van der Waals surface area contributed by atoms with Crippen molar-refractivity contribution in [2.24, 2.45) is 5.41 Å². The number of methoxy groups -OCH3 is 1. The first-order valence-corrected chi connectivity index (χ1v) is 7.93. The fourth-order valence-electron chi connectivity index (χ4n) is 3.46. The van der Waals surface area contributed by atoms with Crippen molar-refractivity contribution in [3.8, 4) is 5.88 Å². The molecule has 1 atom stereocenters. The third-order valence-electron chi connectivity index (χ3n) is 4.54. The molecule has 2 aromatic heterocycles. The van der Waals surface area contributed by atoms with Crippen molar-refractivity contribution >= 4 is 22.8 Å². The van der Waals surface area contributed by atoms with Gasteiger partial charge in [0, 0.05) is 18.3 Å². The van der Waals surface area contributed by atoms with E-state index < -0.39 is 0 Å². The van der Waals surface area contributed by atoms with E-state index in [0.29, 0.717) is 17.8 Å². The molecule has 0 spiro atoms. The molecule has 6 heteroatoms. The number of ether oxygens (including phenoxy) is 1. The van der Waals surface area contributed by atoms with Crippen molar-refractivity contribution in [3.63, 3.8) is 0 Å². The Hall–Kier alpha value is -1.36. The highest BCUT2D eigenvalue weighted by atomic mass is 35.5. The van der Waals surface area contributed by atoms with Crippen LogP contribution in [0.2, 0.25) is 0 Å². The van der Waals surface area contributed by atoms with E-state index in [1.54, 1.807) is 13.4 Å². The summed E-state index contributed by atoms with van der Waals surface area (Å²) < 4.78 is 7.60. The van der Waals surface area contributed by atoms with Crippen LogP contribution in [0.3, 0.4) is 0 Å². The zero-order valence-electron chi connectivity index (χ0n) is 12.8. The van der Waals surface area contributed by atoms with E-state index in [1.165, 1.54) is 12.8 Å². The second-order valence-corrected chi connectivity index (χ2v) is 6.67. The molecule has 1 saturated carbocycles. The van der Waals surface area contributed by atoms with Crippen molar-refractivity contribution < 1.29 is 4.74 Å². The van der Waals surface area contributed by atoms with Gasteiger partial charge >= 0.3 is 0 Å². The normalized spacial score (nSPS) is 21.0. The number of aryl methyl sites for hydroxylation is 1. The first kappa shape index (κ1) is 14.6. The minimum absolute atomic E-state index is 0.243. The zero-order valence-corrected chi connectivity index (χ0v) is 13.5. The topological polar surface area (TPSA) is 52.8 Å². The maximum Gasteiger partial charge on any atom is 0.245 e. The van der Waals surface area contributed by atoms with Gasteiger partial charge in [0.1, 0.15) is 12.2 Å². The summed E-state index contributed by atoms with van der Waals surface area (Å²) in [5.41, 5.74) is 1.84. The summed E-state index contributed by atoms with van der Waals surface area (Å²) in [6.45, 7) is 4.64. The maximum absolute atomic E-state index is 5.97. The predicted molar refractivity (Wildman–Crippen MR) is 83.0 cm³/mol. The lowest BCUT2D eigenvalue weighted by Crippen LogP contribution is -2.23. The van der Waals surface area contributed by atoms with E-state index >= 15 is 0 Å². The Morgan fingerprint density at radius 2 is 2.24 bits per heavy atom. The molecule has 21 heavy (non-hydrogen) atoms. The Kier molecular flexibility index (Phi) is 3.78. The van der Waals surface area contributed by atoms with Gasteiger partial charge in [-0.15, -0.1) is 11.6 Å². The van der Waals surface area contributed by atoms with Gasteiger partial charge in [-0.2, -0.15) is 4.98 Å². The Labute approximate surface area is 129 Å². The Morgan fingerprint density at radius 1 is 1.43 bits per heavy atom. The lowest BCUT2D eigenvalue weighted by atomic mass is 9.87. The maximum atomic E-state index is 5.97. The lowest BCUT2D eigenvalue weighted by molar-refractivity contribution is 0.260. The number of aromatic nitrogens is 4.